The van der Waals surface area contributed by atoms with Gasteiger partial charge in [0.2, 0.25) is 5.91 Å². The third-order valence-electron chi connectivity index (χ3n) is 4.62. The average Bonchev–Trinajstić information content (AvgIpc) is 2.91. The fourth-order valence-corrected chi connectivity index (χ4v) is 3.52. The zero-order valence-corrected chi connectivity index (χ0v) is 13.2. The molecular weight excluding hydrogens is 288 g/mol. The first kappa shape index (κ1) is 15.1. The highest BCUT2D eigenvalue weighted by Gasteiger charge is 2.64. The van der Waals surface area contributed by atoms with Crippen LogP contribution in [0, 0.1) is 5.41 Å². The van der Waals surface area contributed by atoms with Crippen molar-refractivity contribution in [3.8, 4) is 0 Å². The predicted octanol–water partition coefficient (Wildman–Crippen LogP) is 1.17. The van der Waals surface area contributed by atoms with E-state index in [1.807, 2.05) is 0 Å². The van der Waals surface area contributed by atoms with Gasteiger partial charge < -0.3 is 14.8 Å². The molecular formula is C15H22N2O5. The summed E-state index contributed by atoms with van der Waals surface area (Å²) in [6.45, 7) is 5.87. The molecule has 0 radical (unpaired) electrons. The molecule has 2 aliphatic heterocycles. The monoisotopic (exact) mass is 310 g/mol. The third kappa shape index (κ3) is 2.53. The lowest BCUT2D eigenvalue weighted by Gasteiger charge is -2.27. The zero-order chi connectivity index (χ0) is 16.2. The van der Waals surface area contributed by atoms with Crippen LogP contribution >= 0.6 is 0 Å². The Labute approximate surface area is 129 Å². The maximum Gasteiger partial charge on any atom is 0.413 e. The first-order valence-electron chi connectivity index (χ1n) is 7.60. The van der Waals surface area contributed by atoms with Gasteiger partial charge in [0.05, 0.1) is 5.41 Å². The van der Waals surface area contributed by atoms with E-state index in [0.29, 0.717) is 19.3 Å². The van der Waals surface area contributed by atoms with Crippen molar-refractivity contribution < 1.29 is 23.9 Å². The van der Waals surface area contributed by atoms with Crippen LogP contribution in [-0.4, -0.2) is 47.3 Å². The molecule has 3 rings (SSSR count). The Morgan fingerprint density at radius 1 is 1.41 bits per heavy atom. The van der Waals surface area contributed by atoms with E-state index in [1.165, 1.54) is 4.90 Å². The average molecular weight is 310 g/mol. The summed E-state index contributed by atoms with van der Waals surface area (Å²) in [7, 11) is 0. The largest absolute Gasteiger partial charge is 0.444 e. The molecule has 7 nitrogen and oxygen atoms in total. The van der Waals surface area contributed by atoms with Gasteiger partial charge >= 0.3 is 6.09 Å². The van der Waals surface area contributed by atoms with Crippen LogP contribution in [0.25, 0.3) is 0 Å². The summed E-state index contributed by atoms with van der Waals surface area (Å²) >= 11 is 0. The minimum atomic E-state index is -0.744. The van der Waals surface area contributed by atoms with Crippen molar-refractivity contribution in [1.82, 2.24) is 10.2 Å². The second-order valence-electron chi connectivity index (χ2n) is 7.69. The highest BCUT2D eigenvalue weighted by molar-refractivity contribution is 5.88. The van der Waals surface area contributed by atoms with Crippen LogP contribution in [0.1, 0.15) is 46.5 Å². The van der Waals surface area contributed by atoms with Gasteiger partial charge in [0, 0.05) is 18.5 Å². The molecule has 0 bridgehead atoms. The van der Waals surface area contributed by atoms with Gasteiger partial charge in [-0.3, -0.25) is 14.5 Å². The van der Waals surface area contributed by atoms with E-state index >= 15 is 0 Å². The molecule has 22 heavy (non-hydrogen) atoms. The normalized spacial score (nSPS) is 32.2. The van der Waals surface area contributed by atoms with Gasteiger partial charge in [0.25, 0.3) is 6.47 Å². The maximum atomic E-state index is 12.4. The Hall–Kier alpha value is -1.79. The number of nitrogens with zero attached hydrogens (tertiary/aromatic N) is 1. The second kappa shape index (κ2) is 4.60. The second-order valence-corrected chi connectivity index (χ2v) is 7.69. The van der Waals surface area contributed by atoms with Gasteiger partial charge in [-0.2, -0.15) is 0 Å². The van der Waals surface area contributed by atoms with Crippen molar-refractivity contribution in [2.75, 3.05) is 6.54 Å². The molecule has 0 aromatic heterocycles. The molecule has 2 saturated heterocycles. The number of hydrogen-bond acceptors (Lipinski definition) is 5. The van der Waals surface area contributed by atoms with Gasteiger partial charge in [-0.1, -0.05) is 0 Å². The maximum absolute atomic E-state index is 12.4. The minimum absolute atomic E-state index is 0.0458. The molecule has 2 spiro atoms. The Balaban J connectivity index is 1.79. The number of carbonyl (C=O) groups is 3. The van der Waals surface area contributed by atoms with Crippen LogP contribution < -0.4 is 5.32 Å². The summed E-state index contributed by atoms with van der Waals surface area (Å²) in [5.74, 6) is -0.0458. The SMILES string of the molecule is CC(C)(C)OC(=O)N1C[C@@]2(C[C@H]1OC=O)CC1(CC1)NC2=O. The fraction of sp³-hybridized carbons (Fsp3) is 0.800. The van der Waals surface area contributed by atoms with E-state index in [2.05, 4.69) is 5.32 Å². The summed E-state index contributed by atoms with van der Waals surface area (Å²) in [5, 5.41) is 3.05. The van der Waals surface area contributed by atoms with E-state index in [9.17, 15) is 14.4 Å². The summed E-state index contributed by atoms with van der Waals surface area (Å²) in [5.41, 5.74) is -1.40. The van der Waals surface area contributed by atoms with Crippen molar-refractivity contribution in [2.45, 2.75) is 63.8 Å². The molecule has 122 valence electrons. The lowest BCUT2D eigenvalue weighted by Crippen LogP contribution is -2.42. The summed E-state index contributed by atoms with van der Waals surface area (Å²) in [4.78, 5) is 36.9. The van der Waals surface area contributed by atoms with Crippen molar-refractivity contribution in [3.05, 3.63) is 0 Å². The molecule has 3 aliphatic rings. The lowest BCUT2D eigenvalue weighted by atomic mass is 9.83. The fourth-order valence-electron chi connectivity index (χ4n) is 3.52. The molecule has 0 aromatic carbocycles. The summed E-state index contributed by atoms with van der Waals surface area (Å²) < 4.78 is 10.4. The number of nitrogens with one attached hydrogen (secondary N) is 1. The van der Waals surface area contributed by atoms with Crippen molar-refractivity contribution in [2.24, 2.45) is 5.41 Å². The quantitative estimate of drug-likeness (QED) is 0.774. The molecule has 2 heterocycles. The first-order valence-corrected chi connectivity index (χ1v) is 7.60. The van der Waals surface area contributed by atoms with Gasteiger partial charge in [-0.25, -0.2) is 4.79 Å². The van der Waals surface area contributed by atoms with Crippen LogP contribution in [0.3, 0.4) is 0 Å². The smallest absolute Gasteiger partial charge is 0.413 e. The Bertz CT molecular complexity index is 523. The Kier molecular flexibility index (Phi) is 3.16. The minimum Gasteiger partial charge on any atom is -0.444 e. The summed E-state index contributed by atoms with van der Waals surface area (Å²) in [6, 6.07) is 0. The number of ether oxygens (including phenoxy) is 2. The molecule has 2 atom stereocenters. The highest BCUT2D eigenvalue weighted by atomic mass is 16.6. The lowest BCUT2D eigenvalue weighted by molar-refractivity contribution is -0.140. The van der Waals surface area contributed by atoms with Gasteiger partial charge in [0.15, 0.2) is 6.23 Å². The summed E-state index contributed by atoms with van der Waals surface area (Å²) in [6.07, 6.45) is 1.68. The van der Waals surface area contributed by atoms with E-state index in [4.69, 9.17) is 9.47 Å². The molecule has 3 fully saturated rings. The van der Waals surface area contributed by atoms with Crippen LogP contribution in [-0.2, 0) is 19.1 Å². The molecule has 1 N–H and O–H groups in total. The van der Waals surface area contributed by atoms with Crippen LogP contribution in [0.15, 0.2) is 0 Å². The topological polar surface area (TPSA) is 84.9 Å². The Morgan fingerprint density at radius 2 is 2.09 bits per heavy atom. The molecule has 7 heteroatoms. The van der Waals surface area contributed by atoms with Crippen LogP contribution in [0.4, 0.5) is 4.79 Å². The van der Waals surface area contributed by atoms with Crippen molar-refractivity contribution in [1.29, 1.82) is 0 Å². The van der Waals surface area contributed by atoms with Crippen molar-refractivity contribution in [3.63, 3.8) is 0 Å². The molecule has 1 saturated carbocycles. The molecule has 1 aliphatic carbocycles. The first-order chi connectivity index (χ1) is 10.2. The standard InChI is InChI=1S/C15H22N2O5/c1-13(2,3)22-12(20)17-8-14(6-10(17)21-9-18)7-15(4-5-15)16-11(14)19/h9-10H,4-8H2,1-3H3,(H,16,19)/t10-,14-/m1/s1. The third-order valence-corrected chi connectivity index (χ3v) is 4.62. The highest BCUT2D eigenvalue weighted by Crippen LogP contribution is 2.54. The molecule has 0 unspecified atom stereocenters. The number of rotatable bonds is 2. The van der Waals surface area contributed by atoms with Crippen molar-refractivity contribution >= 4 is 18.5 Å². The Morgan fingerprint density at radius 3 is 2.59 bits per heavy atom. The molecule has 2 amide bonds. The van der Waals surface area contributed by atoms with Gasteiger partial charge in [-0.05, 0) is 40.0 Å². The number of carbonyl (C=O) groups excluding carboxylic acids is 3. The van der Waals surface area contributed by atoms with E-state index < -0.39 is 23.3 Å². The predicted molar refractivity (Wildman–Crippen MR) is 75.7 cm³/mol. The number of hydrogen-bond donors (Lipinski definition) is 1. The number of amides is 2. The van der Waals surface area contributed by atoms with Gasteiger partial charge in [0.1, 0.15) is 5.60 Å². The van der Waals surface area contributed by atoms with E-state index in [1.54, 1.807) is 20.8 Å². The van der Waals surface area contributed by atoms with E-state index in [0.717, 1.165) is 12.8 Å². The van der Waals surface area contributed by atoms with E-state index in [-0.39, 0.29) is 18.0 Å². The van der Waals surface area contributed by atoms with Gasteiger partial charge in [-0.15, -0.1) is 0 Å². The zero-order valence-electron chi connectivity index (χ0n) is 13.2. The van der Waals surface area contributed by atoms with Crippen LogP contribution in [0.5, 0.6) is 0 Å². The number of likely N-dealkylation sites (tertiary alicyclic amines) is 1. The molecule has 0 aromatic rings. The van der Waals surface area contributed by atoms with Crippen LogP contribution in [0.2, 0.25) is 0 Å².